The molecule has 0 bridgehead atoms. The van der Waals surface area contributed by atoms with E-state index in [0.717, 1.165) is 34.0 Å². The largest absolute Gasteiger partial charge is 0.416 e. The number of nitrogens with one attached hydrogen (secondary N) is 1. The molecule has 0 unspecified atom stereocenters. The molecule has 108 valence electrons. The summed E-state index contributed by atoms with van der Waals surface area (Å²) >= 11 is 0. The van der Waals surface area contributed by atoms with Gasteiger partial charge in [-0.05, 0) is 46.5 Å². The summed E-state index contributed by atoms with van der Waals surface area (Å²) in [6.07, 6.45) is -4.35. The molecule has 0 amide bonds. The summed E-state index contributed by atoms with van der Waals surface area (Å²) in [5, 5.41) is 5.89. The van der Waals surface area contributed by atoms with E-state index in [4.69, 9.17) is 5.73 Å². The third-order valence-corrected chi connectivity index (χ3v) is 3.62. The quantitative estimate of drug-likeness (QED) is 0.506. The van der Waals surface area contributed by atoms with Crippen molar-refractivity contribution in [3.05, 3.63) is 48.0 Å². The zero-order valence-electron chi connectivity index (χ0n) is 11.3. The van der Waals surface area contributed by atoms with Crippen molar-refractivity contribution in [3.8, 4) is 0 Å². The van der Waals surface area contributed by atoms with Crippen molar-refractivity contribution in [2.45, 2.75) is 6.18 Å². The number of alkyl halides is 3. The van der Waals surface area contributed by atoms with Crippen molar-refractivity contribution in [1.82, 2.24) is 0 Å². The van der Waals surface area contributed by atoms with Gasteiger partial charge in [-0.25, -0.2) is 0 Å². The highest BCUT2D eigenvalue weighted by Gasteiger charge is 2.30. The number of nitrogen functional groups attached to an aromatic ring is 1. The Morgan fingerprint density at radius 2 is 1.62 bits per heavy atom. The summed E-state index contributed by atoms with van der Waals surface area (Å²) in [6.45, 7) is 0. The Kier molecular flexibility index (Phi) is 2.93. The average Bonchev–Trinajstić information content (AvgIpc) is 2.44. The third kappa shape index (κ3) is 2.24. The van der Waals surface area contributed by atoms with Crippen LogP contribution in [-0.4, -0.2) is 7.05 Å². The first kappa shape index (κ1) is 13.5. The lowest BCUT2D eigenvalue weighted by molar-refractivity contribution is -0.137. The lowest BCUT2D eigenvalue weighted by Gasteiger charge is -2.11. The van der Waals surface area contributed by atoms with Crippen LogP contribution in [0.1, 0.15) is 5.56 Å². The van der Waals surface area contributed by atoms with Crippen LogP contribution in [-0.2, 0) is 6.18 Å². The molecule has 2 nitrogen and oxygen atoms in total. The summed E-state index contributed by atoms with van der Waals surface area (Å²) in [7, 11) is 1.75. The topological polar surface area (TPSA) is 38.0 Å². The molecule has 5 heteroatoms. The van der Waals surface area contributed by atoms with Crippen LogP contribution in [0.25, 0.3) is 21.5 Å². The van der Waals surface area contributed by atoms with Crippen molar-refractivity contribution in [1.29, 1.82) is 0 Å². The number of nitrogens with two attached hydrogens (primary N) is 1. The van der Waals surface area contributed by atoms with Gasteiger partial charge in [-0.3, -0.25) is 0 Å². The second-order valence-electron chi connectivity index (χ2n) is 4.91. The molecule has 0 fully saturated rings. The maximum absolute atomic E-state index is 12.8. The van der Waals surface area contributed by atoms with Crippen LogP contribution in [0.4, 0.5) is 24.5 Å². The van der Waals surface area contributed by atoms with Gasteiger partial charge in [-0.2, -0.15) is 13.2 Å². The summed E-state index contributed by atoms with van der Waals surface area (Å²) in [6, 6.07) is 11.0. The lowest BCUT2D eigenvalue weighted by atomic mass is 10.00. The Morgan fingerprint density at radius 3 is 2.29 bits per heavy atom. The van der Waals surface area contributed by atoms with Crippen LogP contribution in [0.5, 0.6) is 0 Å². The minimum atomic E-state index is -4.35. The van der Waals surface area contributed by atoms with E-state index in [1.54, 1.807) is 13.1 Å². The standard InChI is InChI=1S/C16H13F3N2/c1-21-14-5-3-10-6-9-2-4-12(16(17,18)19)7-11(9)8-13(10)15(14)20/h2-8,21H,20H2,1H3. The van der Waals surface area contributed by atoms with E-state index >= 15 is 0 Å². The summed E-state index contributed by atoms with van der Waals surface area (Å²) in [5.74, 6) is 0. The Hall–Kier alpha value is -2.43. The van der Waals surface area contributed by atoms with Gasteiger partial charge in [0, 0.05) is 12.4 Å². The summed E-state index contributed by atoms with van der Waals surface area (Å²) in [4.78, 5) is 0. The third-order valence-electron chi connectivity index (χ3n) is 3.62. The molecular weight excluding hydrogens is 277 g/mol. The van der Waals surface area contributed by atoms with Gasteiger partial charge in [0.1, 0.15) is 0 Å². The summed E-state index contributed by atoms with van der Waals surface area (Å²) in [5.41, 5.74) is 6.70. The molecule has 0 spiro atoms. The van der Waals surface area contributed by atoms with Crippen molar-refractivity contribution in [2.24, 2.45) is 0 Å². The Bertz CT molecular complexity index is 838. The second kappa shape index (κ2) is 4.55. The molecule has 21 heavy (non-hydrogen) atoms. The van der Waals surface area contributed by atoms with Crippen LogP contribution in [0, 0.1) is 0 Å². The van der Waals surface area contributed by atoms with Crippen LogP contribution in [0.2, 0.25) is 0 Å². The van der Waals surface area contributed by atoms with Gasteiger partial charge < -0.3 is 11.1 Å². The van der Waals surface area contributed by atoms with E-state index in [9.17, 15) is 13.2 Å². The monoisotopic (exact) mass is 290 g/mol. The van der Waals surface area contributed by atoms with E-state index in [1.165, 1.54) is 6.07 Å². The highest BCUT2D eigenvalue weighted by atomic mass is 19.4. The van der Waals surface area contributed by atoms with Crippen molar-refractivity contribution in [2.75, 3.05) is 18.1 Å². The predicted molar refractivity (Wildman–Crippen MR) is 80.4 cm³/mol. The zero-order chi connectivity index (χ0) is 15.2. The van der Waals surface area contributed by atoms with Gasteiger partial charge in [0.25, 0.3) is 0 Å². The zero-order valence-corrected chi connectivity index (χ0v) is 11.3. The highest BCUT2D eigenvalue weighted by Crippen LogP contribution is 2.35. The van der Waals surface area contributed by atoms with Crippen LogP contribution in [0.15, 0.2) is 42.5 Å². The smallest absolute Gasteiger partial charge is 0.397 e. The van der Waals surface area contributed by atoms with Gasteiger partial charge in [-0.15, -0.1) is 0 Å². The highest BCUT2D eigenvalue weighted by molar-refractivity contribution is 6.06. The van der Waals surface area contributed by atoms with Gasteiger partial charge in [0.15, 0.2) is 0 Å². The molecule has 0 aliphatic carbocycles. The van der Waals surface area contributed by atoms with Crippen molar-refractivity contribution in [3.63, 3.8) is 0 Å². The number of hydrogen-bond donors (Lipinski definition) is 2. The van der Waals surface area contributed by atoms with Crippen LogP contribution < -0.4 is 11.1 Å². The van der Waals surface area contributed by atoms with Crippen LogP contribution in [0.3, 0.4) is 0 Å². The van der Waals surface area contributed by atoms with Gasteiger partial charge in [-0.1, -0.05) is 12.1 Å². The minimum absolute atomic E-state index is 0.525. The maximum Gasteiger partial charge on any atom is 0.416 e. The fourth-order valence-electron chi connectivity index (χ4n) is 2.49. The normalized spacial score (nSPS) is 12.0. The fourth-order valence-corrected chi connectivity index (χ4v) is 2.49. The van der Waals surface area contributed by atoms with Crippen molar-refractivity contribution < 1.29 is 13.2 Å². The first-order valence-corrected chi connectivity index (χ1v) is 6.41. The van der Waals surface area contributed by atoms with E-state index in [0.29, 0.717) is 11.1 Å². The van der Waals surface area contributed by atoms with Crippen molar-refractivity contribution >= 4 is 32.9 Å². The fraction of sp³-hybridized carbons (Fsp3) is 0.125. The van der Waals surface area contributed by atoms with E-state index in [2.05, 4.69) is 5.32 Å². The van der Waals surface area contributed by atoms with E-state index < -0.39 is 11.7 Å². The maximum atomic E-state index is 12.8. The van der Waals surface area contributed by atoms with Gasteiger partial charge >= 0.3 is 6.18 Å². The number of halogens is 3. The van der Waals surface area contributed by atoms with Crippen LogP contribution >= 0.6 is 0 Å². The van der Waals surface area contributed by atoms with E-state index in [-0.39, 0.29) is 0 Å². The Labute approximate surface area is 119 Å². The molecule has 0 saturated carbocycles. The Morgan fingerprint density at radius 1 is 0.905 bits per heavy atom. The molecule has 3 N–H and O–H groups in total. The summed E-state index contributed by atoms with van der Waals surface area (Å²) < 4.78 is 38.4. The molecule has 0 saturated heterocycles. The predicted octanol–water partition coefficient (Wildman–Crippen LogP) is 4.64. The minimum Gasteiger partial charge on any atom is -0.397 e. The number of hydrogen-bond acceptors (Lipinski definition) is 2. The molecule has 0 aliphatic heterocycles. The SMILES string of the molecule is CNc1ccc2cc3ccc(C(F)(F)F)cc3cc2c1N. The molecular formula is C16H13F3N2. The second-order valence-corrected chi connectivity index (χ2v) is 4.91. The molecule has 0 aromatic heterocycles. The Balaban J connectivity index is 2.32. The van der Waals surface area contributed by atoms with Gasteiger partial charge in [0.2, 0.25) is 0 Å². The molecule has 3 rings (SSSR count). The number of anilines is 2. The molecule has 0 heterocycles. The average molecular weight is 290 g/mol. The number of fused-ring (bicyclic) bond motifs is 2. The number of benzene rings is 3. The molecule has 3 aromatic rings. The first-order chi connectivity index (χ1) is 9.90. The van der Waals surface area contributed by atoms with E-state index in [1.807, 2.05) is 18.2 Å². The molecule has 0 aliphatic rings. The van der Waals surface area contributed by atoms with Gasteiger partial charge in [0.05, 0.1) is 16.9 Å². The molecule has 0 radical (unpaired) electrons. The molecule has 0 atom stereocenters. The number of rotatable bonds is 1. The molecule has 3 aromatic carbocycles. The first-order valence-electron chi connectivity index (χ1n) is 6.41. The lowest BCUT2D eigenvalue weighted by Crippen LogP contribution is -2.04.